The SMILES string of the molecule is CN1CCCCC1CCN(C)C1CCC(N)CC1. The van der Waals surface area contributed by atoms with Gasteiger partial charge in [-0.05, 0) is 72.1 Å². The molecule has 0 radical (unpaired) electrons. The highest BCUT2D eigenvalue weighted by Gasteiger charge is 2.24. The Kier molecular flexibility index (Phi) is 5.46. The molecule has 106 valence electrons. The van der Waals surface area contributed by atoms with Crippen molar-refractivity contribution in [3.8, 4) is 0 Å². The summed E-state index contributed by atoms with van der Waals surface area (Å²) >= 11 is 0. The van der Waals surface area contributed by atoms with Gasteiger partial charge in [-0.2, -0.15) is 0 Å². The molecule has 3 nitrogen and oxygen atoms in total. The molecule has 1 atom stereocenters. The molecule has 1 saturated carbocycles. The number of nitrogens with two attached hydrogens (primary N) is 1. The molecule has 0 bridgehead atoms. The smallest absolute Gasteiger partial charge is 0.0104 e. The maximum Gasteiger partial charge on any atom is 0.0104 e. The van der Waals surface area contributed by atoms with Crippen molar-refractivity contribution in [2.75, 3.05) is 27.2 Å². The van der Waals surface area contributed by atoms with Crippen molar-refractivity contribution >= 4 is 0 Å². The molecule has 1 heterocycles. The molecule has 0 spiro atoms. The van der Waals surface area contributed by atoms with Crippen molar-refractivity contribution in [1.82, 2.24) is 9.80 Å². The Morgan fingerprint density at radius 3 is 2.50 bits per heavy atom. The van der Waals surface area contributed by atoms with E-state index in [1.54, 1.807) is 0 Å². The van der Waals surface area contributed by atoms with E-state index in [2.05, 4.69) is 23.9 Å². The molecular formula is C15H31N3. The third kappa shape index (κ3) is 3.94. The maximum atomic E-state index is 5.98. The standard InChI is InChI=1S/C15H31N3/c1-17-11-4-3-5-14(17)10-12-18(2)15-8-6-13(16)7-9-15/h13-15H,3-12,16H2,1-2H3. The second kappa shape index (κ2) is 6.88. The van der Waals surface area contributed by atoms with Crippen LogP contribution in [-0.2, 0) is 0 Å². The summed E-state index contributed by atoms with van der Waals surface area (Å²) < 4.78 is 0. The fourth-order valence-electron chi connectivity index (χ4n) is 3.59. The average Bonchev–Trinajstić information content (AvgIpc) is 2.38. The van der Waals surface area contributed by atoms with Gasteiger partial charge < -0.3 is 15.5 Å². The lowest BCUT2D eigenvalue weighted by Gasteiger charge is -2.37. The third-order valence-corrected chi connectivity index (χ3v) is 5.10. The molecule has 1 aliphatic carbocycles. The lowest BCUT2D eigenvalue weighted by atomic mass is 9.90. The van der Waals surface area contributed by atoms with E-state index in [4.69, 9.17) is 5.73 Å². The van der Waals surface area contributed by atoms with Gasteiger partial charge in [-0.1, -0.05) is 6.42 Å². The van der Waals surface area contributed by atoms with Crippen molar-refractivity contribution in [3.63, 3.8) is 0 Å². The number of rotatable bonds is 4. The minimum Gasteiger partial charge on any atom is -0.328 e. The highest BCUT2D eigenvalue weighted by atomic mass is 15.2. The summed E-state index contributed by atoms with van der Waals surface area (Å²) in [6.07, 6.45) is 10.6. The fraction of sp³-hybridized carbons (Fsp3) is 1.00. The highest BCUT2D eigenvalue weighted by molar-refractivity contribution is 4.81. The zero-order valence-electron chi connectivity index (χ0n) is 12.3. The minimum atomic E-state index is 0.471. The van der Waals surface area contributed by atoms with Crippen LogP contribution in [0.3, 0.4) is 0 Å². The lowest BCUT2D eigenvalue weighted by Crippen LogP contribution is -2.42. The predicted octanol–water partition coefficient (Wildman–Crippen LogP) is 2.06. The van der Waals surface area contributed by atoms with Gasteiger partial charge in [0.15, 0.2) is 0 Å². The van der Waals surface area contributed by atoms with Crippen LogP contribution in [0.4, 0.5) is 0 Å². The van der Waals surface area contributed by atoms with Crippen molar-refractivity contribution in [2.45, 2.75) is 69.5 Å². The van der Waals surface area contributed by atoms with Crippen LogP contribution in [0.25, 0.3) is 0 Å². The number of piperidine rings is 1. The van der Waals surface area contributed by atoms with Crippen molar-refractivity contribution in [2.24, 2.45) is 5.73 Å². The molecule has 18 heavy (non-hydrogen) atoms. The molecule has 3 heteroatoms. The molecular weight excluding hydrogens is 222 g/mol. The zero-order chi connectivity index (χ0) is 13.0. The van der Waals surface area contributed by atoms with Gasteiger partial charge in [0.05, 0.1) is 0 Å². The van der Waals surface area contributed by atoms with Gasteiger partial charge in [-0.3, -0.25) is 0 Å². The van der Waals surface area contributed by atoms with Crippen LogP contribution in [0.1, 0.15) is 51.4 Å². The Morgan fingerprint density at radius 1 is 1.11 bits per heavy atom. The normalized spacial score (nSPS) is 35.0. The first kappa shape index (κ1) is 14.3. The molecule has 0 aromatic carbocycles. The van der Waals surface area contributed by atoms with Gasteiger partial charge in [0.2, 0.25) is 0 Å². The van der Waals surface area contributed by atoms with E-state index in [1.807, 2.05) is 0 Å². The molecule has 2 aliphatic rings. The van der Waals surface area contributed by atoms with Crippen LogP contribution in [0, 0.1) is 0 Å². The van der Waals surface area contributed by atoms with Crippen LogP contribution in [0.5, 0.6) is 0 Å². The van der Waals surface area contributed by atoms with Crippen LogP contribution >= 0.6 is 0 Å². The first-order valence-corrected chi connectivity index (χ1v) is 7.83. The largest absolute Gasteiger partial charge is 0.328 e. The number of likely N-dealkylation sites (tertiary alicyclic amines) is 1. The molecule has 2 N–H and O–H groups in total. The summed E-state index contributed by atoms with van der Waals surface area (Å²) in [4.78, 5) is 5.16. The van der Waals surface area contributed by atoms with Gasteiger partial charge in [-0.25, -0.2) is 0 Å². The summed E-state index contributed by atoms with van der Waals surface area (Å²) in [5, 5.41) is 0. The molecule has 2 rings (SSSR count). The number of hydrogen-bond donors (Lipinski definition) is 1. The van der Waals surface area contributed by atoms with Gasteiger partial charge >= 0.3 is 0 Å². The zero-order valence-corrected chi connectivity index (χ0v) is 12.3. The van der Waals surface area contributed by atoms with Crippen molar-refractivity contribution in [1.29, 1.82) is 0 Å². The summed E-state index contributed by atoms with van der Waals surface area (Å²) in [5.41, 5.74) is 5.98. The maximum absolute atomic E-state index is 5.98. The van der Waals surface area contributed by atoms with E-state index in [9.17, 15) is 0 Å². The average molecular weight is 253 g/mol. The second-order valence-corrected chi connectivity index (χ2v) is 6.47. The van der Waals surface area contributed by atoms with Crippen LogP contribution < -0.4 is 5.73 Å². The predicted molar refractivity (Wildman–Crippen MR) is 77.7 cm³/mol. The van der Waals surface area contributed by atoms with Gasteiger partial charge in [0.1, 0.15) is 0 Å². The lowest BCUT2D eigenvalue weighted by molar-refractivity contribution is 0.133. The van der Waals surface area contributed by atoms with Crippen LogP contribution in [0.15, 0.2) is 0 Å². The second-order valence-electron chi connectivity index (χ2n) is 6.47. The van der Waals surface area contributed by atoms with E-state index in [0.717, 1.165) is 12.1 Å². The Bertz CT molecular complexity index is 236. The molecule has 1 saturated heterocycles. The Morgan fingerprint density at radius 2 is 1.83 bits per heavy atom. The Labute approximate surface area is 113 Å². The summed E-state index contributed by atoms with van der Waals surface area (Å²) in [6, 6.07) is 2.09. The molecule has 1 aliphatic heterocycles. The molecule has 0 amide bonds. The summed E-state index contributed by atoms with van der Waals surface area (Å²) in [6.45, 7) is 2.56. The molecule has 0 aromatic heterocycles. The van der Waals surface area contributed by atoms with Crippen LogP contribution in [-0.4, -0.2) is 55.1 Å². The van der Waals surface area contributed by atoms with E-state index >= 15 is 0 Å². The molecule has 2 fully saturated rings. The van der Waals surface area contributed by atoms with E-state index in [0.29, 0.717) is 6.04 Å². The third-order valence-electron chi connectivity index (χ3n) is 5.10. The number of hydrogen-bond acceptors (Lipinski definition) is 3. The summed E-state index contributed by atoms with van der Waals surface area (Å²) in [7, 11) is 4.60. The van der Waals surface area contributed by atoms with Crippen LogP contribution in [0.2, 0.25) is 0 Å². The quantitative estimate of drug-likeness (QED) is 0.832. The van der Waals surface area contributed by atoms with Crippen molar-refractivity contribution in [3.05, 3.63) is 0 Å². The van der Waals surface area contributed by atoms with Gasteiger partial charge in [0.25, 0.3) is 0 Å². The highest BCUT2D eigenvalue weighted by Crippen LogP contribution is 2.23. The minimum absolute atomic E-state index is 0.471. The number of nitrogens with zero attached hydrogens (tertiary/aromatic N) is 2. The molecule has 1 unspecified atom stereocenters. The summed E-state index contributed by atoms with van der Waals surface area (Å²) in [5.74, 6) is 0. The topological polar surface area (TPSA) is 32.5 Å². The Hall–Kier alpha value is -0.120. The monoisotopic (exact) mass is 253 g/mol. The Balaban J connectivity index is 1.69. The first-order valence-electron chi connectivity index (χ1n) is 7.83. The van der Waals surface area contributed by atoms with E-state index < -0.39 is 0 Å². The first-order chi connectivity index (χ1) is 8.66. The van der Waals surface area contributed by atoms with E-state index in [-0.39, 0.29) is 0 Å². The van der Waals surface area contributed by atoms with E-state index in [1.165, 1.54) is 64.5 Å². The molecule has 0 aromatic rings. The fourth-order valence-corrected chi connectivity index (χ4v) is 3.59. The van der Waals surface area contributed by atoms with Gasteiger partial charge in [-0.15, -0.1) is 0 Å². The van der Waals surface area contributed by atoms with Gasteiger partial charge in [0, 0.05) is 18.1 Å². The van der Waals surface area contributed by atoms with Crippen molar-refractivity contribution < 1.29 is 0 Å².